The second kappa shape index (κ2) is 4.19. The monoisotopic (exact) mass is 232 g/mol. The predicted molar refractivity (Wildman–Crippen MR) is 62.6 cm³/mol. The lowest BCUT2D eigenvalue weighted by Crippen LogP contribution is -1.97. The number of anilines is 1. The van der Waals surface area contributed by atoms with Crippen molar-refractivity contribution in [1.29, 1.82) is 0 Å². The summed E-state index contributed by atoms with van der Waals surface area (Å²) in [7, 11) is -2.13. The quantitative estimate of drug-likeness (QED) is 0.797. The standard InChI is InChI=1S/C9H13ClN2OS/c1-3-14(2,13)12-7-4-5-8(10)9(11)6-7/h4-6H,3,11H2,1-2H3. The molecule has 3 nitrogen and oxygen atoms in total. The van der Waals surface area contributed by atoms with Gasteiger partial charge in [0.25, 0.3) is 0 Å². The highest BCUT2D eigenvalue weighted by Crippen LogP contribution is 2.24. The summed E-state index contributed by atoms with van der Waals surface area (Å²) in [5.41, 5.74) is 6.67. The fraction of sp³-hybridized carbons (Fsp3) is 0.333. The molecule has 0 bridgehead atoms. The van der Waals surface area contributed by atoms with Gasteiger partial charge < -0.3 is 5.73 Å². The minimum Gasteiger partial charge on any atom is -0.397 e. The van der Waals surface area contributed by atoms with Crippen molar-refractivity contribution in [2.45, 2.75) is 6.92 Å². The van der Waals surface area contributed by atoms with E-state index in [0.29, 0.717) is 22.2 Å². The summed E-state index contributed by atoms with van der Waals surface area (Å²) in [5.74, 6) is 0.523. The van der Waals surface area contributed by atoms with Crippen molar-refractivity contribution in [2.75, 3.05) is 17.7 Å². The number of rotatable bonds is 2. The van der Waals surface area contributed by atoms with Crippen molar-refractivity contribution in [2.24, 2.45) is 4.36 Å². The molecule has 0 saturated heterocycles. The highest BCUT2D eigenvalue weighted by Gasteiger charge is 2.00. The first kappa shape index (κ1) is 11.3. The van der Waals surface area contributed by atoms with E-state index >= 15 is 0 Å². The van der Waals surface area contributed by atoms with E-state index in [1.54, 1.807) is 24.5 Å². The van der Waals surface area contributed by atoms with Gasteiger partial charge in [-0.15, -0.1) is 0 Å². The normalized spacial score (nSPS) is 14.8. The molecule has 0 spiro atoms. The number of nitrogen functional groups attached to an aromatic ring is 1. The molecule has 0 aromatic heterocycles. The van der Waals surface area contributed by atoms with E-state index < -0.39 is 9.73 Å². The van der Waals surface area contributed by atoms with E-state index in [4.69, 9.17) is 17.3 Å². The molecule has 0 saturated carbocycles. The molecule has 1 rings (SSSR count). The van der Waals surface area contributed by atoms with Gasteiger partial charge in [0.2, 0.25) is 0 Å². The number of hydrogen-bond acceptors (Lipinski definition) is 3. The number of halogens is 1. The first-order valence-electron chi connectivity index (χ1n) is 4.19. The zero-order valence-electron chi connectivity index (χ0n) is 8.16. The molecule has 2 N–H and O–H groups in total. The molecular formula is C9H13ClN2OS. The van der Waals surface area contributed by atoms with Gasteiger partial charge in [0.1, 0.15) is 0 Å². The number of nitrogens with zero attached hydrogens (tertiary/aromatic N) is 1. The van der Waals surface area contributed by atoms with E-state index in [1.807, 2.05) is 6.92 Å². The van der Waals surface area contributed by atoms with Crippen molar-refractivity contribution in [3.05, 3.63) is 23.2 Å². The third kappa shape index (κ3) is 2.89. The van der Waals surface area contributed by atoms with Crippen LogP contribution < -0.4 is 5.73 Å². The van der Waals surface area contributed by atoms with Crippen molar-refractivity contribution < 1.29 is 4.21 Å². The molecule has 0 aliphatic rings. The molecule has 0 radical (unpaired) electrons. The molecule has 0 fully saturated rings. The van der Waals surface area contributed by atoms with Crippen LogP contribution in [0, 0.1) is 0 Å². The number of hydrogen-bond donors (Lipinski definition) is 1. The average molecular weight is 233 g/mol. The summed E-state index contributed by atoms with van der Waals surface area (Å²) in [6.07, 6.45) is 1.62. The number of benzene rings is 1. The average Bonchev–Trinajstić information content (AvgIpc) is 2.11. The largest absolute Gasteiger partial charge is 0.397 e. The molecular weight excluding hydrogens is 220 g/mol. The second-order valence-corrected chi connectivity index (χ2v) is 6.13. The molecule has 1 unspecified atom stereocenters. The smallest absolute Gasteiger partial charge is 0.0751 e. The lowest BCUT2D eigenvalue weighted by Gasteiger charge is -2.02. The molecule has 1 aromatic rings. The molecule has 0 aliphatic heterocycles. The maximum Gasteiger partial charge on any atom is 0.0751 e. The van der Waals surface area contributed by atoms with Crippen molar-refractivity contribution in [1.82, 2.24) is 0 Å². The van der Waals surface area contributed by atoms with Crippen LogP contribution in [0.1, 0.15) is 6.92 Å². The van der Waals surface area contributed by atoms with E-state index in [1.165, 1.54) is 0 Å². The summed E-state index contributed by atoms with van der Waals surface area (Å²) in [6, 6.07) is 4.99. The molecule has 1 atom stereocenters. The van der Waals surface area contributed by atoms with E-state index in [0.717, 1.165) is 0 Å². The summed E-state index contributed by atoms with van der Waals surface area (Å²) in [4.78, 5) is 0. The summed E-state index contributed by atoms with van der Waals surface area (Å²) in [6.45, 7) is 1.84. The molecule has 5 heteroatoms. The van der Waals surface area contributed by atoms with Crippen molar-refractivity contribution >= 4 is 32.7 Å². The zero-order chi connectivity index (χ0) is 10.8. The second-order valence-electron chi connectivity index (χ2n) is 3.05. The fourth-order valence-electron chi connectivity index (χ4n) is 0.875. The molecule has 14 heavy (non-hydrogen) atoms. The third-order valence-corrected chi connectivity index (χ3v) is 3.83. The third-order valence-electron chi connectivity index (χ3n) is 1.81. The van der Waals surface area contributed by atoms with Crippen LogP contribution in [-0.2, 0) is 9.73 Å². The van der Waals surface area contributed by atoms with Crippen molar-refractivity contribution in [3.8, 4) is 0 Å². The summed E-state index contributed by atoms with van der Waals surface area (Å²) in [5, 5.41) is 0.489. The van der Waals surface area contributed by atoms with E-state index in [9.17, 15) is 4.21 Å². The fourth-order valence-corrected chi connectivity index (χ4v) is 1.68. The SMILES string of the molecule is CCS(C)(=O)=Nc1ccc(Cl)c(N)c1. The Morgan fingerprint density at radius 2 is 2.21 bits per heavy atom. The number of nitrogens with two attached hydrogens (primary N) is 1. The van der Waals surface area contributed by atoms with Gasteiger partial charge in [-0.3, -0.25) is 0 Å². The van der Waals surface area contributed by atoms with Crippen LogP contribution in [0.5, 0.6) is 0 Å². The highest BCUT2D eigenvalue weighted by molar-refractivity contribution is 7.93. The predicted octanol–water partition coefficient (Wildman–Crippen LogP) is 2.67. The van der Waals surface area contributed by atoms with Gasteiger partial charge in [0, 0.05) is 21.7 Å². The van der Waals surface area contributed by atoms with Crippen LogP contribution in [0.15, 0.2) is 22.6 Å². The summed E-state index contributed by atoms with van der Waals surface area (Å²) >= 11 is 5.75. The molecule has 1 aromatic carbocycles. The Bertz CT molecular complexity index is 450. The van der Waals surface area contributed by atoms with Crippen LogP contribution in [0.25, 0.3) is 0 Å². The zero-order valence-corrected chi connectivity index (χ0v) is 9.73. The lowest BCUT2D eigenvalue weighted by molar-refractivity contribution is 0.681. The van der Waals surface area contributed by atoms with Crippen LogP contribution >= 0.6 is 11.6 Å². The Morgan fingerprint density at radius 1 is 1.57 bits per heavy atom. The van der Waals surface area contributed by atoms with Gasteiger partial charge in [0.05, 0.1) is 16.4 Å². The first-order chi connectivity index (χ1) is 6.44. The van der Waals surface area contributed by atoms with Crippen LogP contribution in [0.2, 0.25) is 5.02 Å². The van der Waals surface area contributed by atoms with Crippen molar-refractivity contribution in [3.63, 3.8) is 0 Å². The first-order valence-corrected chi connectivity index (χ1v) is 6.66. The summed E-state index contributed by atoms with van der Waals surface area (Å²) < 4.78 is 15.8. The van der Waals surface area contributed by atoms with Gasteiger partial charge in [-0.1, -0.05) is 18.5 Å². The molecule has 78 valence electrons. The Balaban J connectivity index is 3.18. The molecule has 0 amide bonds. The Labute approximate surface area is 89.4 Å². The van der Waals surface area contributed by atoms with Gasteiger partial charge in [-0.05, 0) is 18.2 Å². The minimum absolute atomic E-state index is 0.458. The highest BCUT2D eigenvalue weighted by atomic mass is 35.5. The van der Waals surface area contributed by atoms with Gasteiger partial charge in [0.15, 0.2) is 0 Å². The van der Waals surface area contributed by atoms with E-state index in [2.05, 4.69) is 4.36 Å². The molecule has 0 aliphatic carbocycles. The Hall–Kier alpha value is -0.740. The molecule has 0 heterocycles. The van der Waals surface area contributed by atoms with Crippen LogP contribution in [0.3, 0.4) is 0 Å². The maximum atomic E-state index is 11.7. The Morgan fingerprint density at radius 3 is 2.71 bits per heavy atom. The maximum absolute atomic E-state index is 11.7. The van der Waals surface area contributed by atoms with Crippen LogP contribution in [-0.4, -0.2) is 16.2 Å². The van der Waals surface area contributed by atoms with Gasteiger partial charge >= 0.3 is 0 Å². The van der Waals surface area contributed by atoms with E-state index in [-0.39, 0.29) is 0 Å². The van der Waals surface area contributed by atoms with Gasteiger partial charge in [-0.25, -0.2) is 4.21 Å². The lowest BCUT2D eigenvalue weighted by atomic mass is 10.3. The van der Waals surface area contributed by atoms with Gasteiger partial charge in [-0.2, -0.15) is 4.36 Å². The minimum atomic E-state index is -2.13. The topological polar surface area (TPSA) is 55.5 Å². The Kier molecular flexibility index (Phi) is 3.39. The van der Waals surface area contributed by atoms with Crippen LogP contribution in [0.4, 0.5) is 11.4 Å².